The fourth-order valence-electron chi connectivity index (χ4n) is 2.23. The van der Waals surface area contributed by atoms with E-state index in [0.717, 1.165) is 16.1 Å². The van der Waals surface area contributed by atoms with E-state index < -0.39 is 0 Å². The number of rotatable bonds is 4. The highest BCUT2D eigenvalue weighted by atomic mass is 35.5. The van der Waals surface area contributed by atoms with Crippen molar-refractivity contribution in [3.63, 3.8) is 0 Å². The first-order valence-corrected chi connectivity index (χ1v) is 7.58. The van der Waals surface area contributed by atoms with Crippen LogP contribution in [0.1, 0.15) is 37.1 Å². The van der Waals surface area contributed by atoms with Gasteiger partial charge in [0.1, 0.15) is 0 Å². The number of hydrogen-bond donors (Lipinski definition) is 1. The van der Waals surface area contributed by atoms with E-state index in [-0.39, 0.29) is 12.1 Å². The Morgan fingerprint density at radius 3 is 2.00 bits per heavy atom. The maximum absolute atomic E-state index is 6.23. The van der Waals surface area contributed by atoms with Crippen LogP contribution in [-0.4, -0.2) is 0 Å². The average molecular weight is 329 g/mol. The van der Waals surface area contributed by atoms with E-state index in [1.54, 1.807) is 6.07 Å². The van der Waals surface area contributed by atoms with Crippen LogP contribution in [-0.2, 0) is 0 Å². The molecule has 0 aliphatic heterocycles. The Balaban J connectivity index is 2.15. The Hall–Kier alpha value is -0.730. The van der Waals surface area contributed by atoms with Crippen molar-refractivity contribution in [1.82, 2.24) is 5.32 Å². The smallest absolute Gasteiger partial charge is 0.0468 e. The molecule has 0 saturated heterocycles. The van der Waals surface area contributed by atoms with Gasteiger partial charge in [0.2, 0.25) is 0 Å². The topological polar surface area (TPSA) is 12.0 Å². The average Bonchev–Trinajstić information content (AvgIpc) is 2.38. The van der Waals surface area contributed by atoms with E-state index in [2.05, 4.69) is 19.2 Å². The lowest BCUT2D eigenvalue weighted by Gasteiger charge is -2.22. The van der Waals surface area contributed by atoms with Crippen molar-refractivity contribution in [2.75, 3.05) is 0 Å². The predicted molar refractivity (Wildman–Crippen MR) is 87.9 cm³/mol. The molecule has 2 aromatic rings. The molecule has 1 nitrogen and oxygen atoms in total. The van der Waals surface area contributed by atoms with Crippen LogP contribution in [0, 0.1) is 0 Å². The zero-order valence-corrected chi connectivity index (χ0v) is 13.6. The largest absolute Gasteiger partial charge is 0.304 e. The van der Waals surface area contributed by atoms with Gasteiger partial charge in [0.15, 0.2) is 0 Å². The number of hydrogen-bond acceptors (Lipinski definition) is 1. The lowest BCUT2D eigenvalue weighted by Crippen LogP contribution is -2.23. The molecule has 0 aliphatic carbocycles. The van der Waals surface area contributed by atoms with Crippen LogP contribution < -0.4 is 5.32 Å². The molecule has 0 bridgehead atoms. The summed E-state index contributed by atoms with van der Waals surface area (Å²) in [6.07, 6.45) is 0. The van der Waals surface area contributed by atoms with Crippen molar-refractivity contribution in [2.24, 2.45) is 0 Å². The predicted octanol–water partition coefficient (Wildman–Crippen LogP) is 6.06. The van der Waals surface area contributed by atoms with Crippen molar-refractivity contribution in [3.05, 3.63) is 68.7 Å². The number of benzene rings is 2. The van der Waals surface area contributed by atoms with Crippen molar-refractivity contribution < 1.29 is 0 Å². The highest BCUT2D eigenvalue weighted by molar-refractivity contribution is 6.35. The molecular formula is C16H16Cl3N. The Morgan fingerprint density at radius 1 is 0.800 bits per heavy atom. The van der Waals surface area contributed by atoms with E-state index in [1.807, 2.05) is 36.4 Å². The molecule has 1 unspecified atom stereocenters. The van der Waals surface area contributed by atoms with Gasteiger partial charge in [0.05, 0.1) is 0 Å². The van der Waals surface area contributed by atoms with Gasteiger partial charge in [-0.2, -0.15) is 0 Å². The molecule has 2 atom stereocenters. The van der Waals surface area contributed by atoms with Crippen LogP contribution in [0.5, 0.6) is 0 Å². The van der Waals surface area contributed by atoms with Gasteiger partial charge in [0, 0.05) is 27.2 Å². The van der Waals surface area contributed by atoms with Crippen LogP contribution in [0.3, 0.4) is 0 Å². The zero-order valence-electron chi connectivity index (χ0n) is 11.3. The molecule has 0 fully saturated rings. The van der Waals surface area contributed by atoms with Gasteiger partial charge >= 0.3 is 0 Å². The third kappa shape index (κ3) is 3.67. The van der Waals surface area contributed by atoms with Crippen LogP contribution >= 0.6 is 34.8 Å². The molecule has 106 valence electrons. The Bertz CT molecular complexity index is 598. The second-order valence-electron chi connectivity index (χ2n) is 4.80. The Kier molecular flexibility index (Phi) is 5.34. The summed E-state index contributed by atoms with van der Waals surface area (Å²) < 4.78 is 0. The lowest BCUT2D eigenvalue weighted by atomic mass is 10.0. The molecule has 4 heteroatoms. The van der Waals surface area contributed by atoms with Crippen LogP contribution in [0.2, 0.25) is 15.1 Å². The zero-order chi connectivity index (χ0) is 14.7. The minimum Gasteiger partial charge on any atom is -0.304 e. The second-order valence-corrected chi connectivity index (χ2v) is 6.05. The molecule has 0 spiro atoms. The molecule has 0 amide bonds. The van der Waals surface area contributed by atoms with Gasteiger partial charge in [-0.15, -0.1) is 0 Å². The molecule has 0 aromatic heterocycles. The molecule has 2 aromatic carbocycles. The van der Waals surface area contributed by atoms with Crippen molar-refractivity contribution in [1.29, 1.82) is 0 Å². The third-order valence-electron chi connectivity index (χ3n) is 3.30. The van der Waals surface area contributed by atoms with Gasteiger partial charge in [-0.05, 0) is 43.2 Å². The first-order chi connectivity index (χ1) is 9.49. The summed E-state index contributed by atoms with van der Waals surface area (Å²) in [5.74, 6) is 0. The maximum atomic E-state index is 6.23. The van der Waals surface area contributed by atoms with Gasteiger partial charge in [-0.3, -0.25) is 0 Å². The summed E-state index contributed by atoms with van der Waals surface area (Å²) in [5, 5.41) is 5.58. The molecule has 0 aliphatic rings. The number of halogens is 3. The van der Waals surface area contributed by atoms with E-state index >= 15 is 0 Å². The highest BCUT2D eigenvalue weighted by Gasteiger charge is 2.15. The summed E-state index contributed by atoms with van der Waals surface area (Å²) in [7, 11) is 0. The molecule has 0 radical (unpaired) electrons. The lowest BCUT2D eigenvalue weighted by molar-refractivity contribution is 0.495. The van der Waals surface area contributed by atoms with Crippen LogP contribution in [0.4, 0.5) is 0 Å². The standard InChI is InChI=1S/C16H16Cl3N/c1-10(13-5-3-4-6-15(13)18)20-11(2)14-8-7-12(17)9-16(14)19/h3-11,20H,1-2H3/t10-,11?/m1/s1. The van der Waals surface area contributed by atoms with Crippen molar-refractivity contribution >= 4 is 34.8 Å². The first kappa shape index (κ1) is 15.7. The molecule has 0 saturated carbocycles. The first-order valence-electron chi connectivity index (χ1n) is 6.44. The van der Waals surface area contributed by atoms with Gasteiger partial charge < -0.3 is 5.32 Å². The summed E-state index contributed by atoms with van der Waals surface area (Å²) in [6.45, 7) is 4.16. The number of nitrogens with one attached hydrogen (secondary N) is 1. The summed E-state index contributed by atoms with van der Waals surface area (Å²) in [6, 6.07) is 13.6. The Morgan fingerprint density at radius 2 is 1.40 bits per heavy atom. The fourth-order valence-corrected chi connectivity index (χ4v) is 3.11. The van der Waals surface area contributed by atoms with Crippen LogP contribution in [0.15, 0.2) is 42.5 Å². The van der Waals surface area contributed by atoms with E-state index in [9.17, 15) is 0 Å². The fraction of sp³-hybridized carbons (Fsp3) is 0.250. The van der Waals surface area contributed by atoms with Crippen molar-refractivity contribution in [2.45, 2.75) is 25.9 Å². The van der Waals surface area contributed by atoms with Gasteiger partial charge in [0.25, 0.3) is 0 Å². The van der Waals surface area contributed by atoms with E-state index in [4.69, 9.17) is 34.8 Å². The molecule has 20 heavy (non-hydrogen) atoms. The van der Waals surface area contributed by atoms with Gasteiger partial charge in [-0.25, -0.2) is 0 Å². The highest BCUT2D eigenvalue weighted by Crippen LogP contribution is 2.29. The molecule has 2 rings (SSSR count). The summed E-state index contributed by atoms with van der Waals surface area (Å²) in [5.41, 5.74) is 2.10. The normalized spacial score (nSPS) is 14.1. The van der Waals surface area contributed by atoms with Crippen LogP contribution in [0.25, 0.3) is 0 Å². The summed E-state index contributed by atoms with van der Waals surface area (Å²) >= 11 is 18.4. The quantitative estimate of drug-likeness (QED) is 0.719. The third-order valence-corrected chi connectivity index (χ3v) is 4.21. The van der Waals surface area contributed by atoms with E-state index in [1.165, 1.54) is 0 Å². The molecule has 1 N–H and O–H groups in total. The maximum Gasteiger partial charge on any atom is 0.0468 e. The van der Waals surface area contributed by atoms with Crippen molar-refractivity contribution in [3.8, 4) is 0 Å². The monoisotopic (exact) mass is 327 g/mol. The molecular weight excluding hydrogens is 313 g/mol. The second kappa shape index (κ2) is 6.82. The minimum atomic E-state index is 0.103. The van der Waals surface area contributed by atoms with Gasteiger partial charge in [-0.1, -0.05) is 59.1 Å². The minimum absolute atomic E-state index is 0.103. The Labute approximate surface area is 134 Å². The van der Waals surface area contributed by atoms with E-state index in [0.29, 0.717) is 10.0 Å². The molecule has 0 heterocycles. The SMILES string of the molecule is CC(N[C@H](C)c1ccccc1Cl)c1ccc(Cl)cc1Cl. The summed E-state index contributed by atoms with van der Waals surface area (Å²) in [4.78, 5) is 0.